The van der Waals surface area contributed by atoms with E-state index in [-0.39, 0.29) is 12.0 Å². The lowest BCUT2D eigenvalue weighted by atomic mass is 9.90. The quantitative estimate of drug-likeness (QED) is 0.572. The molecule has 0 saturated heterocycles. The molecule has 0 radical (unpaired) electrons. The first-order chi connectivity index (χ1) is 13.9. The van der Waals surface area contributed by atoms with Gasteiger partial charge < -0.3 is 25.1 Å². The molecule has 0 fully saturated rings. The maximum atomic E-state index is 12.1. The van der Waals surface area contributed by atoms with E-state index in [1.54, 1.807) is 0 Å². The van der Waals surface area contributed by atoms with Crippen LogP contribution in [0.2, 0.25) is 0 Å². The van der Waals surface area contributed by atoms with Gasteiger partial charge in [0.25, 0.3) is 0 Å². The minimum atomic E-state index is -0.270. The smallest absolute Gasteiger partial charge is 0.338 e. The summed E-state index contributed by atoms with van der Waals surface area (Å²) in [5, 5.41) is 6.76. The minimum Gasteiger partial charge on any atom is -0.462 e. The molecule has 6 heteroatoms. The van der Waals surface area contributed by atoms with Gasteiger partial charge in [-0.05, 0) is 75.2 Å². The summed E-state index contributed by atoms with van der Waals surface area (Å²) in [6, 6.07) is 14.6. The molecule has 3 rings (SSSR count). The van der Waals surface area contributed by atoms with Crippen LogP contribution in [0.1, 0.15) is 49.2 Å². The van der Waals surface area contributed by atoms with Crippen LogP contribution >= 0.6 is 0 Å². The highest BCUT2D eigenvalue weighted by Crippen LogP contribution is 2.38. The number of nitrogens with zero attached hydrogens (tertiary/aromatic N) is 1. The number of carbonyl (C=O) groups is 2. The van der Waals surface area contributed by atoms with Crippen molar-refractivity contribution in [3.63, 3.8) is 0 Å². The molecule has 1 aliphatic rings. The van der Waals surface area contributed by atoms with Crippen molar-refractivity contribution in [2.75, 3.05) is 36.2 Å². The summed E-state index contributed by atoms with van der Waals surface area (Å²) < 4.78 is 5.17. The zero-order valence-electron chi connectivity index (χ0n) is 17.9. The summed E-state index contributed by atoms with van der Waals surface area (Å²) in [6.07, 6.45) is 1.71. The van der Waals surface area contributed by atoms with Crippen LogP contribution in [0.5, 0.6) is 0 Å². The lowest BCUT2D eigenvalue weighted by Gasteiger charge is -2.39. The zero-order valence-corrected chi connectivity index (χ0v) is 17.9. The topological polar surface area (TPSA) is 70.7 Å². The minimum absolute atomic E-state index is 0.144. The van der Waals surface area contributed by atoms with Crippen molar-refractivity contribution in [3.05, 3.63) is 53.6 Å². The fraction of sp³-hybridized carbons (Fsp3) is 0.391. The highest BCUT2D eigenvalue weighted by Gasteiger charge is 2.29. The second kappa shape index (κ2) is 10.5. The Morgan fingerprint density at radius 3 is 2.41 bits per heavy atom. The van der Waals surface area contributed by atoms with Gasteiger partial charge in [-0.2, -0.15) is 0 Å². The number of hydrogen-bond acceptors (Lipinski definition) is 6. The van der Waals surface area contributed by atoms with Crippen molar-refractivity contribution in [2.24, 2.45) is 0 Å². The third-order valence-electron chi connectivity index (χ3n) is 5.05. The second-order valence-corrected chi connectivity index (χ2v) is 6.95. The van der Waals surface area contributed by atoms with Crippen LogP contribution in [0.3, 0.4) is 0 Å². The van der Waals surface area contributed by atoms with E-state index in [4.69, 9.17) is 9.53 Å². The molecule has 156 valence electrons. The Kier molecular flexibility index (Phi) is 8.07. The van der Waals surface area contributed by atoms with Crippen LogP contribution < -0.4 is 15.5 Å². The molecule has 0 amide bonds. The standard InChI is InChI=1S/C21H27N3O2.C2H4O/c1-5-26-21(25)15-6-11-20-18(13-15)19(12-14(2)24(20)4)23-17-9-7-16(22-3)8-10-17;1-2-3/h6-11,13-14,19,22-23H,5,12H2,1-4H3;2H,1H3. The van der Waals surface area contributed by atoms with Crippen LogP contribution in [0, 0.1) is 0 Å². The molecule has 2 unspecified atom stereocenters. The van der Waals surface area contributed by atoms with Crippen LogP contribution in [0.4, 0.5) is 17.1 Å². The van der Waals surface area contributed by atoms with Gasteiger partial charge >= 0.3 is 5.97 Å². The van der Waals surface area contributed by atoms with Gasteiger partial charge in [-0.25, -0.2) is 4.79 Å². The molecule has 2 aromatic rings. The first kappa shape index (κ1) is 22.3. The Bertz CT molecular complexity index is 821. The Hall–Kier alpha value is -3.02. The lowest BCUT2D eigenvalue weighted by Crippen LogP contribution is -2.37. The number of carbonyl (C=O) groups excluding carboxylic acids is 2. The number of aldehydes is 1. The second-order valence-electron chi connectivity index (χ2n) is 6.95. The van der Waals surface area contributed by atoms with E-state index in [9.17, 15) is 4.79 Å². The van der Waals surface area contributed by atoms with Gasteiger partial charge in [0.05, 0.1) is 18.2 Å². The SMILES string of the molecule is CC=O.CCOC(=O)c1ccc2c(c1)C(Nc1ccc(NC)cc1)CC(C)N2C. The van der Waals surface area contributed by atoms with E-state index < -0.39 is 0 Å². The third-order valence-corrected chi connectivity index (χ3v) is 5.05. The molecular formula is C23H31N3O3. The highest BCUT2D eigenvalue weighted by atomic mass is 16.5. The van der Waals surface area contributed by atoms with E-state index in [0.29, 0.717) is 18.2 Å². The van der Waals surface area contributed by atoms with E-state index in [2.05, 4.69) is 53.8 Å². The number of ether oxygens (including phenoxy) is 1. The van der Waals surface area contributed by atoms with Crippen molar-refractivity contribution in [3.8, 4) is 0 Å². The maximum absolute atomic E-state index is 12.1. The number of rotatable bonds is 5. The monoisotopic (exact) mass is 397 g/mol. The summed E-state index contributed by atoms with van der Waals surface area (Å²) in [5.41, 5.74) is 5.04. The van der Waals surface area contributed by atoms with Gasteiger partial charge in [0.2, 0.25) is 0 Å². The largest absolute Gasteiger partial charge is 0.462 e. The summed E-state index contributed by atoms with van der Waals surface area (Å²) >= 11 is 0. The molecule has 0 bridgehead atoms. The molecule has 2 N–H and O–H groups in total. The predicted octanol–water partition coefficient (Wildman–Crippen LogP) is 4.49. The number of esters is 1. The molecule has 0 saturated carbocycles. The van der Waals surface area contributed by atoms with E-state index in [0.717, 1.165) is 35.3 Å². The molecule has 1 aliphatic heterocycles. The molecule has 1 heterocycles. The maximum Gasteiger partial charge on any atom is 0.338 e. The summed E-state index contributed by atoms with van der Waals surface area (Å²) in [5.74, 6) is -0.270. The van der Waals surface area contributed by atoms with E-state index in [1.807, 2.05) is 32.2 Å². The molecule has 2 atom stereocenters. The van der Waals surface area contributed by atoms with Gasteiger partial charge in [0.1, 0.15) is 6.29 Å². The molecule has 29 heavy (non-hydrogen) atoms. The van der Waals surface area contributed by atoms with Crippen molar-refractivity contribution in [1.29, 1.82) is 0 Å². The van der Waals surface area contributed by atoms with Crippen LogP contribution in [0.15, 0.2) is 42.5 Å². The van der Waals surface area contributed by atoms with Gasteiger partial charge in [0, 0.05) is 37.2 Å². The normalized spacial score (nSPS) is 17.3. The Morgan fingerprint density at radius 2 is 1.83 bits per heavy atom. The molecule has 6 nitrogen and oxygen atoms in total. The third kappa shape index (κ3) is 5.50. The van der Waals surface area contributed by atoms with Crippen molar-refractivity contribution >= 4 is 29.3 Å². The number of hydrogen-bond donors (Lipinski definition) is 2. The first-order valence-corrected chi connectivity index (χ1v) is 9.93. The van der Waals surface area contributed by atoms with Gasteiger partial charge in [-0.1, -0.05) is 0 Å². The molecular weight excluding hydrogens is 366 g/mol. The van der Waals surface area contributed by atoms with E-state index >= 15 is 0 Å². The van der Waals surface area contributed by atoms with E-state index in [1.165, 1.54) is 6.92 Å². The van der Waals surface area contributed by atoms with Gasteiger partial charge in [0.15, 0.2) is 0 Å². The van der Waals surface area contributed by atoms with Crippen LogP contribution in [0.25, 0.3) is 0 Å². The van der Waals surface area contributed by atoms with Gasteiger partial charge in [-0.15, -0.1) is 0 Å². The summed E-state index contributed by atoms with van der Waals surface area (Å²) in [6.45, 7) is 5.87. The average Bonchev–Trinajstić information content (AvgIpc) is 2.73. The number of anilines is 3. The molecule has 0 aromatic heterocycles. The Morgan fingerprint density at radius 1 is 1.21 bits per heavy atom. The van der Waals surface area contributed by atoms with Crippen molar-refractivity contribution in [2.45, 2.75) is 39.3 Å². The van der Waals surface area contributed by atoms with Crippen molar-refractivity contribution < 1.29 is 14.3 Å². The Labute approximate surface area is 173 Å². The summed E-state index contributed by atoms with van der Waals surface area (Å²) in [4.78, 5) is 23.2. The van der Waals surface area contributed by atoms with Gasteiger partial charge in [-0.3, -0.25) is 0 Å². The molecule has 0 spiro atoms. The summed E-state index contributed by atoms with van der Waals surface area (Å²) in [7, 11) is 4.01. The van der Waals surface area contributed by atoms with Crippen LogP contribution in [-0.4, -0.2) is 39.0 Å². The van der Waals surface area contributed by atoms with Crippen molar-refractivity contribution in [1.82, 2.24) is 0 Å². The Balaban J connectivity index is 0.000000941. The number of fused-ring (bicyclic) bond motifs is 1. The average molecular weight is 398 g/mol. The molecule has 2 aromatic carbocycles. The molecule has 0 aliphatic carbocycles. The van der Waals surface area contributed by atoms with Crippen LogP contribution in [-0.2, 0) is 9.53 Å². The lowest BCUT2D eigenvalue weighted by molar-refractivity contribution is -0.106. The first-order valence-electron chi connectivity index (χ1n) is 9.93. The number of benzene rings is 2. The zero-order chi connectivity index (χ0) is 21.4. The predicted molar refractivity (Wildman–Crippen MR) is 119 cm³/mol. The fourth-order valence-corrected chi connectivity index (χ4v) is 3.43. The number of nitrogens with one attached hydrogen (secondary N) is 2. The fourth-order valence-electron chi connectivity index (χ4n) is 3.43. The highest BCUT2D eigenvalue weighted by molar-refractivity contribution is 5.90.